The van der Waals surface area contributed by atoms with E-state index in [2.05, 4.69) is 65.5 Å². The summed E-state index contributed by atoms with van der Waals surface area (Å²) in [5.74, 6) is 0. The Morgan fingerprint density at radius 2 is 0.641 bits per heavy atom. The lowest BCUT2D eigenvalue weighted by Crippen LogP contribution is -2.78. The van der Waals surface area contributed by atoms with Crippen LogP contribution < -0.4 is 0 Å². The standard InChI is InChI=1S/C10H26O4Si2.C8H24O2Si4.3CH4.H8O2Si4/c1-7-11-15(5,12-8-2)16(6,13-9-3)14-10-4;1-11(2)9-13(5,6)14(7,8)10-12(11,3)4;;;;1-3-5-2-6-4-1/h7-10H2,1-6H3;1-8H3;3*1H4;3-6H2. The van der Waals surface area contributed by atoms with Crippen LogP contribution in [0.15, 0.2) is 0 Å². The smallest absolute Gasteiger partial charge is 0.381 e. The molecule has 2 fully saturated rings. The molecule has 0 spiro atoms. The lowest BCUT2D eigenvalue weighted by Gasteiger charge is -2.56. The van der Waals surface area contributed by atoms with Gasteiger partial charge >= 0.3 is 16.2 Å². The molecule has 0 aromatic heterocycles. The normalized spacial score (nSPS) is 23.2. The maximum atomic E-state index is 6.57. The molecule has 18 heteroatoms. The van der Waals surface area contributed by atoms with E-state index >= 15 is 0 Å². The quantitative estimate of drug-likeness (QED) is 0.335. The Hall–Kier alpha value is 1.85. The molecule has 8 nitrogen and oxygen atoms in total. The first-order valence-electron chi connectivity index (χ1n) is 13.5. The first kappa shape index (κ1) is 47.8. The average molecular weight is 732 g/mol. The lowest BCUT2D eigenvalue weighted by molar-refractivity contribution is 0.151. The van der Waals surface area contributed by atoms with E-state index in [1.807, 2.05) is 27.7 Å². The van der Waals surface area contributed by atoms with Crippen LogP contribution in [0.2, 0.25) is 65.5 Å². The Morgan fingerprint density at radius 3 is 0.769 bits per heavy atom. The maximum absolute atomic E-state index is 6.57. The van der Waals surface area contributed by atoms with Crippen LogP contribution in [0.3, 0.4) is 0 Å². The maximum Gasteiger partial charge on any atom is 0.381 e. The summed E-state index contributed by atoms with van der Waals surface area (Å²) in [6.07, 6.45) is 0. The molecule has 2 heterocycles. The van der Waals surface area contributed by atoms with E-state index in [1.54, 1.807) is 0 Å². The molecule has 0 saturated carbocycles. The van der Waals surface area contributed by atoms with Crippen molar-refractivity contribution >= 4 is 84.6 Å². The highest BCUT2D eigenvalue weighted by atomic mass is 29.4. The van der Waals surface area contributed by atoms with Crippen LogP contribution in [0, 0.1) is 0 Å². The minimum Gasteiger partial charge on any atom is -0.466 e. The monoisotopic (exact) mass is 730 g/mol. The molecule has 39 heavy (non-hydrogen) atoms. The third-order valence-electron chi connectivity index (χ3n) is 7.17. The van der Waals surface area contributed by atoms with Crippen molar-refractivity contribution in [1.82, 2.24) is 0 Å². The fraction of sp³-hybridized carbons (Fsp3) is 1.00. The molecule has 2 aliphatic rings. The zero-order valence-corrected chi connectivity index (χ0v) is 37.6. The minimum atomic E-state index is -2.35. The molecule has 2 aliphatic heterocycles. The summed E-state index contributed by atoms with van der Waals surface area (Å²) in [5, 5.41) is 0. The number of hydrogen-bond donors (Lipinski definition) is 0. The van der Waals surface area contributed by atoms with Crippen LogP contribution in [0.4, 0.5) is 0 Å². The fourth-order valence-corrected chi connectivity index (χ4v) is 68.7. The van der Waals surface area contributed by atoms with Crippen molar-refractivity contribution in [3.63, 3.8) is 0 Å². The van der Waals surface area contributed by atoms with E-state index in [-0.39, 0.29) is 59.4 Å². The Labute approximate surface area is 259 Å². The van der Waals surface area contributed by atoms with E-state index in [4.69, 9.17) is 34.2 Å². The van der Waals surface area contributed by atoms with Gasteiger partial charge in [0, 0.05) is 26.4 Å². The predicted molar refractivity (Wildman–Crippen MR) is 198 cm³/mol. The van der Waals surface area contributed by atoms with Gasteiger partial charge in [0.05, 0.1) is 0 Å². The topological polar surface area (TPSA) is 73.8 Å². The average Bonchev–Trinajstić information content (AvgIpc) is 2.74. The summed E-state index contributed by atoms with van der Waals surface area (Å²) in [6.45, 7) is 33.4. The van der Waals surface area contributed by atoms with Gasteiger partial charge in [0.2, 0.25) is 0 Å². The van der Waals surface area contributed by atoms with Crippen LogP contribution in [0.5, 0.6) is 0 Å². The molecule has 0 N–H and O–H groups in total. The van der Waals surface area contributed by atoms with Crippen LogP contribution in [0.1, 0.15) is 50.0 Å². The van der Waals surface area contributed by atoms with Gasteiger partial charge in [-0.3, -0.25) is 0 Å². The summed E-state index contributed by atoms with van der Waals surface area (Å²) < 4.78 is 47.3. The zero-order chi connectivity index (χ0) is 28.3. The largest absolute Gasteiger partial charge is 0.466 e. The summed E-state index contributed by atoms with van der Waals surface area (Å²) in [5.41, 5.74) is 0. The highest BCUT2D eigenvalue weighted by Crippen LogP contribution is 2.38. The second-order valence-corrected chi connectivity index (χ2v) is 59.4. The molecule has 0 aromatic rings. The lowest BCUT2D eigenvalue weighted by atomic mass is 10.9. The predicted octanol–water partition coefficient (Wildman–Crippen LogP) is 3.47. The molecule has 0 radical (unpaired) electrons. The molecular formula is C21H70O8Si10. The molecule has 0 atom stereocenters. The third-order valence-corrected chi connectivity index (χ3v) is 70.2. The van der Waals surface area contributed by atoms with Gasteiger partial charge in [0.1, 0.15) is 0 Å². The van der Waals surface area contributed by atoms with E-state index in [9.17, 15) is 0 Å². The van der Waals surface area contributed by atoms with Gasteiger partial charge < -0.3 is 34.2 Å². The molecule has 0 aromatic carbocycles. The highest BCUT2D eigenvalue weighted by Gasteiger charge is 2.61. The molecule has 0 unspecified atom stereocenters. The molecule has 2 saturated heterocycles. The van der Waals surface area contributed by atoms with Crippen LogP contribution in [-0.4, -0.2) is 111 Å². The van der Waals surface area contributed by atoms with Crippen molar-refractivity contribution < 1.29 is 34.2 Å². The highest BCUT2D eigenvalue weighted by molar-refractivity contribution is 7.49. The summed E-state index contributed by atoms with van der Waals surface area (Å²) >= 11 is 0. The molecule has 242 valence electrons. The van der Waals surface area contributed by atoms with E-state index in [0.717, 1.165) is 0 Å². The van der Waals surface area contributed by atoms with E-state index in [1.165, 1.54) is 0 Å². The van der Waals surface area contributed by atoms with Crippen LogP contribution in [-0.2, 0) is 34.2 Å². The fourth-order valence-electron chi connectivity index (χ4n) is 3.92. The first-order chi connectivity index (χ1) is 16.4. The molecule has 0 bridgehead atoms. The van der Waals surface area contributed by atoms with Crippen molar-refractivity contribution in [1.29, 1.82) is 0 Å². The van der Waals surface area contributed by atoms with Crippen molar-refractivity contribution in [2.75, 3.05) is 26.4 Å². The molecule has 0 aliphatic carbocycles. The SMILES string of the molecule is C.C.C.CCO[Si](C)(OCC)[Si](C)(OCC)OCC.C[Si]1(C)O[Si](C)(C)[Si](C)(C)O[Si]1(C)C.O1[SiH2][SiH2]O[SiH2][SiH2]1. The van der Waals surface area contributed by atoms with Gasteiger partial charge in [0.25, 0.3) is 0 Å². The zero-order valence-electron chi connectivity index (χ0n) is 25.9. The third kappa shape index (κ3) is 14.5. The Kier molecular flexibility index (Phi) is 25.4. The summed E-state index contributed by atoms with van der Waals surface area (Å²) in [6, 6.07) is 0. The van der Waals surface area contributed by atoms with Crippen molar-refractivity contribution in [3.05, 3.63) is 0 Å². The molecular weight excluding hydrogens is 661 g/mol. The molecule has 0 amide bonds. The van der Waals surface area contributed by atoms with Crippen LogP contribution in [0.25, 0.3) is 0 Å². The van der Waals surface area contributed by atoms with Crippen LogP contribution >= 0.6 is 0 Å². The minimum absolute atomic E-state index is 0. The molecule has 2 rings (SSSR count). The van der Waals surface area contributed by atoms with Gasteiger partial charge in [-0.2, -0.15) is 0 Å². The van der Waals surface area contributed by atoms with Gasteiger partial charge in [-0.05, 0) is 93.2 Å². The number of hydrogen-bond acceptors (Lipinski definition) is 8. The van der Waals surface area contributed by atoms with Gasteiger partial charge in [-0.1, -0.05) is 22.3 Å². The van der Waals surface area contributed by atoms with Crippen molar-refractivity contribution in [2.24, 2.45) is 0 Å². The van der Waals surface area contributed by atoms with Crippen molar-refractivity contribution in [2.45, 2.75) is 115 Å². The van der Waals surface area contributed by atoms with E-state index < -0.39 is 47.5 Å². The Bertz CT molecular complexity index is 532. The van der Waals surface area contributed by atoms with Crippen molar-refractivity contribution in [3.8, 4) is 0 Å². The van der Waals surface area contributed by atoms with Gasteiger partial charge in [0.15, 0.2) is 68.5 Å². The first-order valence-corrected chi connectivity index (χ1v) is 43.1. The summed E-state index contributed by atoms with van der Waals surface area (Å²) in [4.78, 5) is 0. The summed E-state index contributed by atoms with van der Waals surface area (Å²) in [7, 11) is -10.7. The van der Waals surface area contributed by atoms with Gasteiger partial charge in [-0.25, -0.2) is 0 Å². The van der Waals surface area contributed by atoms with Gasteiger partial charge in [-0.15, -0.1) is 0 Å². The second-order valence-electron chi connectivity index (χ2n) is 11.1. The second kappa shape index (κ2) is 20.7. The number of rotatable bonds is 9. The Balaban J connectivity index is -0.000000244. The van der Waals surface area contributed by atoms with E-state index in [0.29, 0.717) is 26.4 Å². The Morgan fingerprint density at radius 1 is 0.462 bits per heavy atom.